The van der Waals surface area contributed by atoms with Crippen molar-refractivity contribution >= 4 is 17.7 Å². The topological polar surface area (TPSA) is 110 Å². The second kappa shape index (κ2) is 8.48. The number of ether oxygens (including phenoxy) is 1. The number of halogens is 1. The molecule has 8 nitrogen and oxygen atoms in total. The highest BCUT2D eigenvalue weighted by Gasteiger charge is 2.17. The Morgan fingerprint density at radius 2 is 1.92 bits per heavy atom. The Bertz CT molecular complexity index is 748. The molecule has 1 aromatic carbocycles. The molecule has 1 heterocycles. The first-order valence-electron chi connectivity index (χ1n) is 7.29. The molecule has 0 aliphatic carbocycles. The van der Waals surface area contributed by atoms with E-state index in [1.54, 1.807) is 6.07 Å². The molecule has 0 radical (unpaired) electrons. The molecule has 3 amide bonds. The molecule has 25 heavy (non-hydrogen) atoms. The SMILES string of the molecule is C[C@@H](Oc1ccccc1F)C(=O)NNC(=O)CNC(=O)c1ccco1. The van der Waals surface area contributed by atoms with Gasteiger partial charge in [0.25, 0.3) is 17.7 Å². The second-order valence-corrected chi connectivity index (χ2v) is 4.89. The molecule has 9 heteroatoms. The van der Waals surface area contributed by atoms with E-state index in [0.717, 1.165) is 0 Å². The van der Waals surface area contributed by atoms with Crippen LogP contribution in [0.2, 0.25) is 0 Å². The summed E-state index contributed by atoms with van der Waals surface area (Å²) < 4.78 is 23.5. The first kappa shape index (κ1) is 18.0. The van der Waals surface area contributed by atoms with Crippen molar-refractivity contribution in [3.8, 4) is 5.75 Å². The first-order valence-corrected chi connectivity index (χ1v) is 7.29. The molecule has 0 bridgehead atoms. The maximum absolute atomic E-state index is 13.4. The van der Waals surface area contributed by atoms with Crippen LogP contribution in [-0.2, 0) is 9.59 Å². The molecule has 0 saturated carbocycles. The zero-order valence-corrected chi connectivity index (χ0v) is 13.2. The number of hydrogen-bond acceptors (Lipinski definition) is 5. The van der Waals surface area contributed by atoms with Crippen LogP contribution in [0.4, 0.5) is 4.39 Å². The highest BCUT2D eigenvalue weighted by atomic mass is 19.1. The van der Waals surface area contributed by atoms with Gasteiger partial charge >= 0.3 is 0 Å². The van der Waals surface area contributed by atoms with Gasteiger partial charge in [-0.05, 0) is 31.2 Å². The third-order valence-corrected chi connectivity index (χ3v) is 2.99. The highest BCUT2D eigenvalue weighted by molar-refractivity contribution is 5.94. The molecule has 0 saturated heterocycles. The van der Waals surface area contributed by atoms with Gasteiger partial charge in [-0.2, -0.15) is 0 Å². The Morgan fingerprint density at radius 3 is 2.60 bits per heavy atom. The lowest BCUT2D eigenvalue weighted by Crippen LogP contribution is -2.50. The number of amides is 3. The lowest BCUT2D eigenvalue weighted by Gasteiger charge is -2.15. The summed E-state index contributed by atoms with van der Waals surface area (Å²) in [4.78, 5) is 35.0. The maximum atomic E-state index is 13.4. The number of furan rings is 1. The maximum Gasteiger partial charge on any atom is 0.287 e. The van der Waals surface area contributed by atoms with Gasteiger partial charge in [-0.3, -0.25) is 25.2 Å². The molecule has 2 rings (SSSR count). The number of rotatable bonds is 6. The Hall–Kier alpha value is -3.36. The molecule has 132 valence electrons. The van der Waals surface area contributed by atoms with Crippen molar-refractivity contribution in [3.05, 3.63) is 54.2 Å². The number of hydrogen-bond donors (Lipinski definition) is 3. The Balaban J connectivity index is 1.72. The van der Waals surface area contributed by atoms with Crippen LogP contribution in [0.25, 0.3) is 0 Å². The van der Waals surface area contributed by atoms with Gasteiger partial charge in [0.05, 0.1) is 12.8 Å². The molecule has 0 fully saturated rings. The average Bonchev–Trinajstić information content (AvgIpc) is 3.14. The van der Waals surface area contributed by atoms with Crippen LogP contribution < -0.4 is 20.9 Å². The molecular weight excluding hydrogens is 333 g/mol. The summed E-state index contributed by atoms with van der Waals surface area (Å²) in [5.41, 5.74) is 4.23. The Morgan fingerprint density at radius 1 is 1.16 bits per heavy atom. The van der Waals surface area contributed by atoms with Crippen LogP contribution in [0.15, 0.2) is 47.1 Å². The number of carbonyl (C=O) groups excluding carboxylic acids is 3. The van der Waals surface area contributed by atoms with Gasteiger partial charge in [0.1, 0.15) is 0 Å². The number of hydrazine groups is 1. The summed E-state index contributed by atoms with van der Waals surface area (Å²) >= 11 is 0. The van der Waals surface area contributed by atoms with E-state index < -0.39 is 29.6 Å². The van der Waals surface area contributed by atoms with Crippen LogP contribution >= 0.6 is 0 Å². The zero-order valence-electron chi connectivity index (χ0n) is 13.2. The van der Waals surface area contributed by atoms with E-state index in [2.05, 4.69) is 16.2 Å². The molecule has 1 aromatic heterocycles. The normalized spacial score (nSPS) is 11.3. The van der Waals surface area contributed by atoms with Gasteiger partial charge in [0.15, 0.2) is 23.4 Å². The molecule has 0 spiro atoms. The van der Waals surface area contributed by atoms with Gasteiger partial charge in [-0.25, -0.2) is 4.39 Å². The first-order chi connectivity index (χ1) is 12.0. The number of para-hydroxylation sites is 1. The van der Waals surface area contributed by atoms with E-state index >= 15 is 0 Å². The van der Waals surface area contributed by atoms with Crippen molar-refractivity contribution in [3.63, 3.8) is 0 Å². The predicted molar refractivity (Wildman–Crippen MR) is 83.8 cm³/mol. The molecular formula is C16H16FN3O5. The molecule has 2 aromatic rings. The smallest absolute Gasteiger partial charge is 0.287 e. The van der Waals surface area contributed by atoms with Crippen molar-refractivity contribution in [2.45, 2.75) is 13.0 Å². The van der Waals surface area contributed by atoms with Crippen LogP contribution in [0, 0.1) is 5.82 Å². The summed E-state index contributed by atoms with van der Waals surface area (Å²) in [6.45, 7) is 1.02. The van der Waals surface area contributed by atoms with Crippen molar-refractivity contribution in [2.75, 3.05) is 6.54 Å². The van der Waals surface area contributed by atoms with Crippen molar-refractivity contribution in [1.29, 1.82) is 0 Å². The van der Waals surface area contributed by atoms with Crippen LogP contribution in [0.5, 0.6) is 5.75 Å². The molecule has 0 aliphatic heterocycles. The van der Waals surface area contributed by atoms with Crippen molar-refractivity contribution in [1.82, 2.24) is 16.2 Å². The van der Waals surface area contributed by atoms with Gasteiger partial charge in [-0.15, -0.1) is 0 Å². The lowest BCUT2D eigenvalue weighted by atomic mass is 10.3. The highest BCUT2D eigenvalue weighted by Crippen LogP contribution is 2.16. The fourth-order valence-corrected chi connectivity index (χ4v) is 1.72. The zero-order chi connectivity index (χ0) is 18.2. The van der Waals surface area contributed by atoms with E-state index in [4.69, 9.17) is 9.15 Å². The van der Waals surface area contributed by atoms with Crippen LogP contribution in [-0.4, -0.2) is 30.4 Å². The monoisotopic (exact) mass is 349 g/mol. The minimum Gasteiger partial charge on any atom is -0.478 e. The van der Waals surface area contributed by atoms with E-state index in [-0.39, 0.29) is 18.1 Å². The van der Waals surface area contributed by atoms with E-state index in [1.807, 2.05) is 0 Å². The predicted octanol–water partition coefficient (Wildman–Crippen LogP) is 0.763. The number of benzene rings is 1. The van der Waals surface area contributed by atoms with Crippen molar-refractivity contribution in [2.24, 2.45) is 0 Å². The Kier molecular flexibility index (Phi) is 6.10. The van der Waals surface area contributed by atoms with E-state index in [1.165, 1.54) is 43.5 Å². The summed E-state index contributed by atoms with van der Waals surface area (Å²) in [5, 5.41) is 2.31. The molecule has 1 atom stereocenters. The molecule has 0 aliphatic rings. The van der Waals surface area contributed by atoms with Gasteiger partial charge in [-0.1, -0.05) is 12.1 Å². The van der Waals surface area contributed by atoms with E-state index in [9.17, 15) is 18.8 Å². The quantitative estimate of drug-likeness (QED) is 0.667. The lowest BCUT2D eigenvalue weighted by molar-refractivity contribution is -0.132. The summed E-state index contributed by atoms with van der Waals surface area (Å²) in [6, 6.07) is 8.60. The third-order valence-electron chi connectivity index (χ3n) is 2.99. The largest absolute Gasteiger partial charge is 0.478 e. The van der Waals surface area contributed by atoms with Gasteiger partial charge < -0.3 is 14.5 Å². The fraction of sp³-hybridized carbons (Fsp3) is 0.188. The van der Waals surface area contributed by atoms with E-state index in [0.29, 0.717) is 0 Å². The van der Waals surface area contributed by atoms with Gasteiger partial charge in [0.2, 0.25) is 0 Å². The number of nitrogens with one attached hydrogen (secondary N) is 3. The van der Waals surface area contributed by atoms with Crippen LogP contribution in [0.1, 0.15) is 17.5 Å². The second-order valence-electron chi connectivity index (χ2n) is 4.89. The minimum absolute atomic E-state index is 0.0590. The molecule has 0 unspecified atom stereocenters. The fourth-order valence-electron chi connectivity index (χ4n) is 1.72. The van der Waals surface area contributed by atoms with Crippen molar-refractivity contribution < 1.29 is 27.9 Å². The summed E-state index contributed by atoms with van der Waals surface area (Å²) in [7, 11) is 0. The standard InChI is InChI=1S/C16H16FN3O5/c1-10(25-12-6-3-2-5-11(12)17)15(22)20-19-14(21)9-18-16(23)13-7-4-8-24-13/h2-8,10H,9H2,1H3,(H,18,23)(H,19,21)(H,20,22)/t10-/m1/s1. The third kappa shape index (κ3) is 5.34. The summed E-state index contributed by atoms with van der Waals surface area (Å²) in [5.74, 6) is -2.54. The number of carbonyl (C=O) groups is 3. The minimum atomic E-state index is -1.05. The molecule has 3 N–H and O–H groups in total. The van der Waals surface area contributed by atoms with Crippen LogP contribution in [0.3, 0.4) is 0 Å². The summed E-state index contributed by atoms with van der Waals surface area (Å²) in [6.07, 6.45) is 0.279. The Labute approximate surface area is 142 Å². The average molecular weight is 349 g/mol. The van der Waals surface area contributed by atoms with Gasteiger partial charge in [0, 0.05) is 0 Å².